The first-order chi connectivity index (χ1) is 14.2. The molecular formula is C19H24BF2N3O5. The Kier molecular flexibility index (Phi) is 6.91. The number of benzene rings is 1. The van der Waals surface area contributed by atoms with Crippen molar-refractivity contribution < 1.29 is 32.5 Å². The van der Waals surface area contributed by atoms with Gasteiger partial charge in [-0.15, -0.1) is 0 Å². The summed E-state index contributed by atoms with van der Waals surface area (Å²) in [6.45, 7) is 3.91. The van der Waals surface area contributed by atoms with Gasteiger partial charge in [-0.05, 0) is 30.9 Å². The van der Waals surface area contributed by atoms with Crippen molar-refractivity contribution in [3.05, 3.63) is 29.8 Å². The fourth-order valence-corrected chi connectivity index (χ4v) is 3.50. The van der Waals surface area contributed by atoms with Crippen LogP contribution in [0.25, 0.3) is 0 Å². The highest BCUT2D eigenvalue weighted by Gasteiger charge is 2.41. The Balaban J connectivity index is 1.52. The lowest BCUT2D eigenvalue weighted by Gasteiger charge is -2.41. The molecule has 2 atom stereocenters. The van der Waals surface area contributed by atoms with E-state index in [2.05, 4.69) is 10.6 Å². The minimum atomic E-state index is -0.858. The average molecular weight is 423 g/mol. The number of nitrogens with zero attached hydrogens (tertiary/aromatic N) is 1. The predicted octanol–water partition coefficient (Wildman–Crippen LogP) is 0.791. The third kappa shape index (κ3) is 5.27. The smallest absolute Gasteiger partial charge is 0.507 e. The maximum absolute atomic E-state index is 14.0. The van der Waals surface area contributed by atoms with Gasteiger partial charge in [-0.25, -0.2) is 8.78 Å². The summed E-state index contributed by atoms with van der Waals surface area (Å²) < 4.78 is 37.4. The van der Waals surface area contributed by atoms with Crippen molar-refractivity contribution in [1.82, 2.24) is 10.6 Å². The second kappa shape index (κ2) is 9.42. The number of rotatable bonds is 8. The molecule has 1 aromatic rings. The Morgan fingerprint density at radius 3 is 2.67 bits per heavy atom. The molecule has 2 aliphatic rings. The molecule has 2 saturated heterocycles. The molecule has 2 aliphatic heterocycles. The molecule has 2 fully saturated rings. The molecule has 2 unspecified atom stereocenters. The van der Waals surface area contributed by atoms with Crippen molar-refractivity contribution in [3.63, 3.8) is 0 Å². The summed E-state index contributed by atoms with van der Waals surface area (Å²) in [5.74, 6) is -3.13. The molecule has 2 heterocycles. The van der Waals surface area contributed by atoms with Crippen molar-refractivity contribution in [2.24, 2.45) is 5.92 Å². The van der Waals surface area contributed by atoms with E-state index in [0.717, 1.165) is 12.1 Å². The lowest BCUT2D eigenvalue weighted by Crippen LogP contribution is -2.58. The second-order valence-corrected chi connectivity index (χ2v) is 7.78. The van der Waals surface area contributed by atoms with Crippen LogP contribution in [-0.4, -0.2) is 56.6 Å². The molecule has 0 radical (unpaired) electrons. The molecule has 1 aromatic carbocycles. The zero-order valence-electron chi connectivity index (χ0n) is 16.8. The van der Waals surface area contributed by atoms with Crippen LogP contribution < -0.4 is 15.5 Å². The van der Waals surface area contributed by atoms with Crippen LogP contribution in [-0.2, 0) is 23.7 Å². The number of amides is 2. The Morgan fingerprint density at radius 1 is 1.33 bits per heavy atom. The van der Waals surface area contributed by atoms with Gasteiger partial charge in [0.25, 0.3) is 0 Å². The third-order valence-electron chi connectivity index (χ3n) is 4.98. The normalized spacial score (nSPS) is 19.4. The first-order valence-corrected chi connectivity index (χ1v) is 9.84. The van der Waals surface area contributed by atoms with E-state index in [1.54, 1.807) is 0 Å². The SMILES string of the molecule is CC(C)CC(NC(=O)CNC(=O)C1CCN1c1ccc(F)cc1F)B1OCC(=O)O1. The molecule has 30 heavy (non-hydrogen) atoms. The van der Waals surface area contributed by atoms with E-state index in [9.17, 15) is 23.2 Å². The molecule has 0 spiro atoms. The van der Waals surface area contributed by atoms with Gasteiger partial charge in [0, 0.05) is 12.6 Å². The van der Waals surface area contributed by atoms with Crippen molar-refractivity contribution in [2.45, 2.75) is 38.7 Å². The van der Waals surface area contributed by atoms with Gasteiger partial charge in [-0.3, -0.25) is 14.4 Å². The van der Waals surface area contributed by atoms with Crippen LogP contribution in [0.3, 0.4) is 0 Å². The van der Waals surface area contributed by atoms with Gasteiger partial charge in [0.05, 0.1) is 18.2 Å². The van der Waals surface area contributed by atoms with Gasteiger partial charge < -0.3 is 24.8 Å². The number of nitrogens with one attached hydrogen (secondary N) is 2. The molecule has 0 bridgehead atoms. The van der Waals surface area contributed by atoms with Gasteiger partial charge >= 0.3 is 13.1 Å². The summed E-state index contributed by atoms with van der Waals surface area (Å²) >= 11 is 0. The van der Waals surface area contributed by atoms with E-state index in [1.165, 1.54) is 11.0 Å². The molecule has 8 nitrogen and oxygen atoms in total. The summed E-state index contributed by atoms with van der Waals surface area (Å²) in [6, 6.07) is 2.55. The first-order valence-electron chi connectivity index (χ1n) is 9.84. The second-order valence-electron chi connectivity index (χ2n) is 7.78. The fraction of sp³-hybridized carbons (Fsp3) is 0.526. The van der Waals surface area contributed by atoms with Crippen LogP contribution in [0.2, 0.25) is 0 Å². The van der Waals surface area contributed by atoms with Gasteiger partial charge in [0.15, 0.2) is 0 Å². The highest BCUT2D eigenvalue weighted by Crippen LogP contribution is 2.29. The standard InChI is InChI=1S/C19H24BF2N3O5/c1-11(2)7-16(20-29-10-18(27)30-20)24-17(26)9-23-19(28)15-5-6-25(15)14-4-3-12(21)8-13(14)22/h3-4,8,11,15-16H,5-7,9-10H2,1-2H3,(H,23,28)(H,24,26). The highest BCUT2D eigenvalue weighted by atomic mass is 19.1. The van der Waals surface area contributed by atoms with Crippen molar-refractivity contribution >= 4 is 30.6 Å². The van der Waals surface area contributed by atoms with Crippen LogP contribution in [0.1, 0.15) is 26.7 Å². The molecule has 0 aromatic heterocycles. The number of hydrogen-bond donors (Lipinski definition) is 2. The van der Waals surface area contributed by atoms with Crippen molar-refractivity contribution in [3.8, 4) is 0 Å². The summed E-state index contributed by atoms with van der Waals surface area (Å²) in [5, 5.41) is 5.26. The maximum atomic E-state index is 14.0. The quantitative estimate of drug-likeness (QED) is 0.601. The summed E-state index contributed by atoms with van der Waals surface area (Å²) in [6.07, 6.45) is 1.02. The molecule has 11 heteroatoms. The molecule has 162 valence electrons. The van der Waals surface area contributed by atoms with E-state index in [4.69, 9.17) is 9.31 Å². The van der Waals surface area contributed by atoms with E-state index in [0.29, 0.717) is 19.4 Å². The first kappa shape index (κ1) is 22.0. The molecule has 3 rings (SSSR count). The van der Waals surface area contributed by atoms with Crippen LogP contribution in [0.15, 0.2) is 18.2 Å². The van der Waals surface area contributed by atoms with Gasteiger partial charge in [-0.2, -0.15) is 0 Å². The topological polar surface area (TPSA) is 97.0 Å². The maximum Gasteiger partial charge on any atom is 0.551 e. The number of anilines is 1. The predicted molar refractivity (Wildman–Crippen MR) is 104 cm³/mol. The lowest BCUT2D eigenvalue weighted by molar-refractivity contribution is -0.132. The highest BCUT2D eigenvalue weighted by molar-refractivity contribution is 6.51. The summed E-state index contributed by atoms with van der Waals surface area (Å²) in [4.78, 5) is 37.5. The Morgan fingerprint density at radius 2 is 2.10 bits per heavy atom. The monoisotopic (exact) mass is 423 g/mol. The molecular weight excluding hydrogens is 399 g/mol. The minimum absolute atomic E-state index is 0.143. The Bertz CT molecular complexity index is 825. The van der Waals surface area contributed by atoms with Crippen LogP contribution in [0.4, 0.5) is 14.5 Å². The summed E-state index contributed by atoms with van der Waals surface area (Å²) in [5.41, 5.74) is 0.143. The van der Waals surface area contributed by atoms with Crippen molar-refractivity contribution in [2.75, 3.05) is 24.6 Å². The van der Waals surface area contributed by atoms with Crippen LogP contribution in [0, 0.1) is 17.6 Å². The number of carbonyl (C=O) groups excluding carboxylic acids is 3. The molecule has 0 saturated carbocycles. The van der Waals surface area contributed by atoms with E-state index < -0.39 is 48.5 Å². The van der Waals surface area contributed by atoms with Gasteiger partial charge in [0.2, 0.25) is 11.8 Å². The van der Waals surface area contributed by atoms with Crippen molar-refractivity contribution in [1.29, 1.82) is 0 Å². The lowest BCUT2D eigenvalue weighted by atomic mass is 9.74. The van der Waals surface area contributed by atoms with Crippen LogP contribution in [0.5, 0.6) is 0 Å². The largest absolute Gasteiger partial charge is 0.551 e. The molecule has 2 amide bonds. The Labute approximate surface area is 173 Å². The van der Waals surface area contributed by atoms with E-state index >= 15 is 0 Å². The molecule has 2 N–H and O–H groups in total. The van der Waals surface area contributed by atoms with E-state index in [1.807, 2.05) is 13.8 Å². The molecule has 0 aliphatic carbocycles. The summed E-state index contributed by atoms with van der Waals surface area (Å²) in [7, 11) is -0.858. The van der Waals surface area contributed by atoms with Crippen LogP contribution >= 0.6 is 0 Å². The number of hydrogen-bond acceptors (Lipinski definition) is 6. The number of carbonyl (C=O) groups is 3. The number of halogens is 2. The zero-order valence-corrected chi connectivity index (χ0v) is 16.8. The zero-order chi connectivity index (χ0) is 21.8. The van der Waals surface area contributed by atoms with Gasteiger partial charge in [-0.1, -0.05) is 13.8 Å². The minimum Gasteiger partial charge on any atom is -0.507 e. The van der Waals surface area contributed by atoms with E-state index in [-0.39, 0.29) is 24.8 Å². The third-order valence-corrected chi connectivity index (χ3v) is 4.98. The Hall–Kier alpha value is -2.69. The fourth-order valence-electron chi connectivity index (χ4n) is 3.50. The average Bonchev–Trinajstić information content (AvgIpc) is 3.07. The van der Waals surface area contributed by atoms with Gasteiger partial charge in [0.1, 0.15) is 24.3 Å².